The van der Waals surface area contributed by atoms with Crippen molar-refractivity contribution in [2.24, 2.45) is 0 Å². The summed E-state index contributed by atoms with van der Waals surface area (Å²) in [6, 6.07) is 1.83. The molecule has 1 aliphatic rings. The van der Waals surface area contributed by atoms with E-state index in [2.05, 4.69) is 10.2 Å². The van der Waals surface area contributed by atoms with Crippen LogP contribution in [0.4, 0.5) is 0 Å². The number of rotatable bonds is 4. The molecule has 0 aromatic heterocycles. The minimum atomic E-state index is -0.168. The van der Waals surface area contributed by atoms with Crippen molar-refractivity contribution in [3.63, 3.8) is 0 Å². The molecule has 1 aliphatic heterocycles. The van der Waals surface area contributed by atoms with E-state index in [-0.39, 0.29) is 12.3 Å². The van der Waals surface area contributed by atoms with Crippen molar-refractivity contribution in [3.8, 4) is 6.07 Å². The first-order valence-corrected chi connectivity index (χ1v) is 5.92. The topological polar surface area (TPSA) is 56.1 Å². The second-order valence-corrected chi connectivity index (χ2v) is 4.36. The molecule has 1 rings (SSSR count). The van der Waals surface area contributed by atoms with Crippen molar-refractivity contribution < 1.29 is 4.79 Å². The number of nitrogens with one attached hydrogen (secondary N) is 1. The molecule has 0 aromatic rings. The Balaban J connectivity index is 2.03. The largest absolute Gasteiger partial charge is 0.354 e. The molecule has 1 heterocycles. The summed E-state index contributed by atoms with van der Waals surface area (Å²) in [7, 11) is 0. The summed E-state index contributed by atoms with van der Waals surface area (Å²) in [5, 5.41) is 11.0. The number of hydrogen-bond donors (Lipinski definition) is 1. The van der Waals surface area contributed by atoms with E-state index in [0.29, 0.717) is 6.54 Å². The van der Waals surface area contributed by atoms with Crippen LogP contribution in [0, 0.1) is 11.3 Å². The second kappa shape index (κ2) is 6.68. The summed E-state index contributed by atoms with van der Waals surface area (Å²) in [5.74, 6) is 2.21. The maximum Gasteiger partial charge on any atom is 0.234 e. The summed E-state index contributed by atoms with van der Waals surface area (Å²) < 4.78 is 0. The van der Waals surface area contributed by atoms with Gasteiger partial charge in [0.2, 0.25) is 5.91 Å². The molecule has 0 bridgehead atoms. The predicted octanol–water partition coefficient (Wildman–Crippen LogP) is 0.0651. The van der Waals surface area contributed by atoms with E-state index in [4.69, 9.17) is 5.26 Å². The first-order chi connectivity index (χ1) is 6.83. The van der Waals surface area contributed by atoms with Crippen LogP contribution in [0.3, 0.4) is 0 Å². The van der Waals surface area contributed by atoms with Crippen LogP contribution >= 0.6 is 11.8 Å². The average Bonchev–Trinajstić information content (AvgIpc) is 2.20. The molecule has 1 amide bonds. The molecule has 0 aromatic carbocycles. The van der Waals surface area contributed by atoms with Crippen molar-refractivity contribution in [2.45, 2.75) is 6.42 Å². The summed E-state index contributed by atoms with van der Waals surface area (Å²) in [6.07, 6.45) is -0.0319. The zero-order valence-corrected chi connectivity index (χ0v) is 8.98. The van der Waals surface area contributed by atoms with Crippen LogP contribution in [0.2, 0.25) is 0 Å². The van der Waals surface area contributed by atoms with E-state index >= 15 is 0 Å². The zero-order chi connectivity index (χ0) is 10.2. The highest BCUT2D eigenvalue weighted by atomic mass is 32.2. The lowest BCUT2D eigenvalue weighted by Crippen LogP contribution is -2.39. The fraction of sp³-hybridized carbons (Fsp3) is 0.778. The molecular formula is C9H15N3OS. The van der Waals surface area contributed by atoms with Gasteiger partial charge in [0, 0.05) is 37.7 Å². The average molecular weight is 213 g/mol. The third-order valence-electron chi connectivity index (χ3n) is 2.09. The lowest BCUT2D eigenvalue weighted by Gasteiger charge is -2.25. The summed E-state index contributed by atoms with van der Waals surface area (Å²) in [6.45, 7) is 3.78. The van der Waals surface area contributed by atoms with Crippen LogP contribution < -0.4 is 5.32 Å². The fourth-order valence-electron chi connectivity index (χ4n) is 1.31. The Kier molecular flexibility index (Phi) is 5.42. The minimum absolute atomic E-state index is 0.0319. The molecule has 0 radical (unpaired) electrons. The highest BCUT2D eigenvalue weighted by molar-refractivity contribution is 7.99. The third-order valence-corrected chi connectivity index (χ3v) is 3.04. The van der Waals surface area contributed by atoms with Crippen LogP contribution in [0.5, 0.6) is 0 Å². The molecule has 14 heavy (non-hydrogen) atoms. The second-order valence-electron chi connectivity index (χ2n) is 3.14. The van der Waals surface area contributed by atoms with Gasteiger partial charge in [-0.25, -0.2) is 0 Å². The predicted molar refractivity (Wildman–Crippen MR) is 57.0 cm³/mol. The molecule has 1 saturated heterocycles. The number of amides is 1. The summed E-state index contributed by atoms with van der Waals surface area (Å²) in [5.41, 5.74) is 0. The Bertz CT molecular complexity index is 221. The van der Waals surface area contributed by atoms with Gasteiger partial charge in [-0.05, 0) is 0 Å². The standard InChI is InChI=1S/C9H15N3OS/c10-2-1-9(13)11-3-4-12-5-7-14-8-6-12/h1,3-8H2,(H,11,13). The zero-order valence-electron chi connectivity index (χ0n) is 8.16. The number of thioether (sulfide) groups is 1. The number of nitriles is 1. The maximum absolute atomic E-state index is 10.9. The molecule has 1 N–H and O–H groups in total. The molecule has 0 saturated carbocycles. The lowest BCUT2D eigenvalue weighted by molar-refractivity contribution is -0.120. The number of carbonyl (C=O) groups excluding carboxylic acids is 1. The molecular weight excluding hydrogens is 198 g/mol. The molecule has 0 spiro atoms. The molecule has 78 valence electrons. The first kappa shape index (κ1) is 11.3. The number of nitrogens with zero attached hydrogens (tertiary/aromatic N) is 2. The van der Waals surface area contributed by atoms with Crippen molar-refractivity contribution in [2.75, 3.05) is 37.7 Å². The normalized spacial score (nSPS) is 17.4. The molecule has 5 heteroatoms. The molecule has 1 fully saturated rings. The van der Waals surface area contributed by atoms with Gasteiger partial charge in [0.1, 0.15) is 6.42 Å². The van der Waals surface area contributed by atoms with E-state index in [1.54, 1.807) is 0 Å². The lowest BCUT2D eigenvalue weighted by atomic mass is 10.4. The van der Waals surface area contributed by atoms with Crippen molar-refractivity contribution in [1.82, 2.24) is 10.2 Å². The SMILES string of the molecule is N#CCC(=O)NCCN1CCSCC1. The van der Waals surface area contributed by atoms with Crippen LogP contribution in [-0.2, 0) is 4.79 Å². The quantitative estimate of drug-likeness (QED) is 0.718. The van der Waals surface area contributed by atoms with Crippen LogP contribution in [0.25, 0.3) is 0 Å². The Labute approximate surface area is 88.6 Å². The number of hydrogen-bond acceptors (Lipinski definition) is 4. The smallest absolute Gasteiger partial charge is 0.234 e. The van der Waals surface area contributed by atoms with E-state index < -0.39 is 0 Å². The van der Waals surface area contributed by atoms with E-state index in [0.717, 1.165) is 19.6 Å². The Hall–Kier alpha value is -0.730. The Morgan fingerprint density at radius 2 is 2.21 bits per heavy atom. The molecule has 4 nitrogen and oxygen atoms in total. The van der Waals surface area contributed by atoms with Gasteiger partial charge in [-0.2, -0.15) is 17.0 Å². The van der Waals surface area contributed by atoms with Crippen LogP contribution in [0.1, 0.15) is 6.42 Å². The molecule has 0 atom stereocenters. The van der Waals surface area contributed by atoms with Gasteiger partial charge in [-0.15, -0.1) is 0 Å². The van der Waals surface area contributed by atoms with Crippen molar-refractivity contribution in [1.29, 1.82) is 5.26 Å². The molecule has 0 aliphatic carbocycles. The van der Waals surface area contributed by atoms with E-state index in [9.17, 15) is 4.79 Å². The van der Waals surface area contributed by atoms with Gasteiger partial charge in [-0.3, -0.25) is 9.69 Å². The van der Waals surface area contributed by atoms with E-state index in [1.165, 1.54) is 11.5 Å². The first-order valence-electron chi connectivity index (χ1n) is 4.76. The van der Waals surface area contributed by atoms with Gasteiger partial charge in [0.15, 0.2) is 0 Å². The van der Waals surface area contributed by atoms with Gasteiger partial charge in [0.05, 0.1) is 6.07 Å². The summed E-state index contributed by atoms with van der Waals surface area (Å²) >= 11 is 1.97. The van der Waals surface area contributed by atoms with Gasteiger partial charge >= 0.3 is 0 Å². The van der Waals surface area contributed by atoms with Gasteiger partial charge in [-0.1, -0.05) is 0 Å². The minimum Gasteiger partial charge on any atom is -0.354 e. The third kappa shape index (κ3) is 4.49. The molecule has 0 unspecified atom stereocenters. The number of carbonyl (C=O) groups is 1. The van der Waals surface area contributed by atoms with E-state index in [1.807, 2.05) is 17.8 Å². The van der Waals surface area contributed by atoms with Gasteiger partial charge < -0.3 is 5.32 Å². The van der Waals surface area contributed by atoms with Crippen LogP contribution in [0.15, 0.2) is 0 Å². The Morgan fingerprint density at radius 3 is 2.86 bits per heavy atom. The van der Waals surface area contributed by atoms with Crippen LogP contribution in [-0.4, -0.2) is 48.5 Å². The highest BCUT2D eigenvalue weighted by Crippen LogP contribution is 2.07. The summed E-state index contributed by atoms with van der Waals surface area (Å²) in [4.78, 5) is 13.3. The Morgan fingerprint density at radius 1 is 1.50 bits per heavy atom. The fourth-order valence-corrected chi connectivity index (χ4v) is 2.29. The monoisotopic (exact) mass is 213 g/mol. The highest BCUT2D eigenvalue weighted by Gasteiger charge is 2.09. The van der Waals surface area contributed by atoms with Gasteiger partial charge in [0.25, 0.3) is 0 Å². The van der Waals surface area contributed by atoms with Crippen molar-refractivity contribution >= 4 is 17.7 Å². The maximum atomic E-state index is 10.9. The van der Waals surface area contributed by atoms with Crippen molar-refractivity contribution in [3.05, 3.63) is 0 Å².